The molecule has 0 radical (unpaired) electrons. The zero-order valence-electron chi connectivity index (χ0n) is 13.4. The van der Waals surface area contributed by atoms with Gasteiger partial charge in [0.25, 0.3) is 11.8 Å². The van der Waals surface area contributed by atoms with Crippen molar-refractivity contribution in [3.8, 4) is 0 Å². The van der Waals surface area contributed by atoms with E-state index in [1.54, 1.807) is 7.11 Å². The minimum atomic E-state index is -0.158. The number of amides is 2. The van der Waals surface area contributed by atoms with Crippen LogP contribution < -0.4 is 0 Å². The Morgan fingerprint density at radius 1 is 1.17 bits per heavy atom. The lowest BCUT2D eigenvalue weighted by molar-refractivity contribution is -0.137. The number of carbonyl (C=O) groups is 2. The molecule has 0 saturated carbocycles. The van der Waals surface area contributed by atoms with E-state index in [0.717, 1.165) is 30.8 Å². The summed E-state index contributed by atoms with van der Waals surface area (Å²) in [6.45, 7) is 2.67. The van der Waals surface area contributed by atoms with Crippen molar-refractivity contribution in [3.05, 3.63) is 28.1 Å². The van der Waals surface area contributed by atoms with Crippen LogP contribution in [0, 0.1) is 0 Å². The maximum absolute atomic E-state index is 12.9. The molecule has 0 aromatic carbocycles. The van der Waals surface area contributed by atoms with E-state index in [2.05, 4.69) is 4.90 Å². The molecule has 1 saturated heterocycles. The standard InChI is InChI=1S/C17H22N2O3S/c1-22-11-6-10-19-16(20)14(13-7-5-12-23-13)15(17(19)21)18-8-3-2-4-9-18/h5,7,12H,2-4,6,8-11H2,1H3. The normalized spacial score (nSPS) is 19.2. The summed E-state index contributed by atoms with van der Waals surface area (Å²) < 4.78 is 5.04. The lowest BCUT2D eigenvalue weighted by Gasteiger charge is -2.29. The molecule has 2 aliphatic heterocycles. The maximum atomic E-state index is 12.9. The van der Waals surface area contributed by atoms with Crippen molar-refractivity contribution >= 4 is 28.7 Å². The molecule has 1 fully saturated rings. The van der Waals surface area contributed by atoms with Crippen LogP contribution in [0.1, 0.15) is 30.6 Å². The first-order valence-corrected chi connectivity index (χ1v) is 9.00. The summed E-state index contributed by atoms with van der Waals surface area (Å²) in [6, 6.07) is 3.85. The van der Waals surface area contributed by atoms with Gasteiger partial charge in [-0.05, 0) is 37.1 Å². The van der Waals surface area contributed by atoms with Crippen molar-refractivity contribution in [3.63, 3.8) is 0 Å². The van der Waals surface area contributed by atoms with Gasteiger partial charge in [-0.1, -0.05) is 6.07 Å². The van der Waals surface area contributed by atoms with E-state index in [4.69, 9.17) is 4.74 Å². The van der Waals surface area contributed by atoms with Gasteiger partial charge in [0.1, 0.15) is 5.70 Å². The molecule has 6 heteroatoms. The number of piperidine rings is 1. The average molecular weight is 334 g/mol. The van der Waals surface area contributed by atoms with Crippen LogP contribution in [0.3, 0.4) is 0 Å². The quantitative estimate of drug-likeness (QED) is 0.592. The molecule has 0 bridgehead atoms. The number of likely N-dealkylation sites (tertiary alicyclic amines) is 1. The van der Waals surface area contributed by atoms with E-state index < -0.39 is 0 Å². The first-order chi connectivity index (χ1) is 11.2. The topological polar surface area (TPSA) is 49.9 Å². The zero-order valence-corrected chi connectivity index (χ0v) is 14.2. The fraction of sp³-hybridized carbons (Fsp3) is 0.529. The summed E-state index contributed by atoms with van der Waals surface area (Å²) in [7, 11) is 1.63. The van der Waals surface area contributed by atoms with Crippen molar-refractivity contribution in [2.75, 3.05) is 33.4 Å². The van der Waals surface area contributed by atoms with Gasteiger partial charge in [-0.3, -0.25) is 14.5 Å². The van der Waals surface area contributed by atoms with Crippen LogP contribution in [0.2, 0.25) is 0 Å². The van der Waals surface area contributed by atoms with Gasteiger partial charge in [0.15, 0.2) is 0 Å². The second-order valence-electron chi connectivity index (χ2n) is 5.86. The molecule has 3 heterocycles. The van der Waals surface area contributed by atoms with Crippen LogP contribution in [0.15, 0.2) is 23.2 Å². The number of imide groups is 1. The second kappa shape index (κ2) is 7.27. The second-order valence-corrected chi connectivity index (χ2v) is 6.80. The number of nitrogens with zero attached hydrogens (tertiary/aromatic N) is 2. The van der Waals surface area contributed by atoms with Crippen LogP contribution in [0.25, 0.3) is 5.57 Å². The van der Waals surface area contributed by atoms with Crippen molar-refractivity contribution in [2.24, 2.45) is 0 Å². The summed E-state index contributed by atoms with van der Waals surface area (Å²) >= 11 is 1.52. The van der Waals surface area contributed by atoms with Crippen LogP contribution >= 0.6 is 11.3 Å². The van der Waals surface area contributed by atoms with E-state index in [9.17, 15) is 9.59 Å². The Bertz CT molecular complexity index is 603. The Morgan fingerprint density at radius 2 is 1.96 bits per heavy atom. The van der Waals surface area contributed by atoms with Gasteiger partial charge < -0.3 is 9.64 Å². The summed E-state index contributed by atoms with van der Waals surface area (Å²) in [6.07, 6.45) is 4.01. The van der Waals surface area contributed by atoms with Gasteiger partial charge in [0, 0.05) is 38.2 Å². The number of methoxy groups -OCH3 is 1. The van der Waals surface area contributed by atoms with Crippen molar-refractivity contribution < 1.29 is 14.3 Å². The molecular formula is C17H22N2O3S. The highest BCUT2D eigenvalue weighted by Crippen LogP contribution is 2.35. The molecule has 3 rings (SSSR count). The number of hydrogen-bond acceptors (Lipinski definition) is 5. The van der Waals surface area contributed by atoms with Gasteiger partial charge in [-0.25, -0.2) is 0 Å². The first kappa shape index (κ1) is 16.2. The number of hydrogen-bond donors (Lipinski definition) is 0. The summed E-state index contributed by atoms with van der Waals surface area (Å²) in [5, 5.41) is 1.95. The fourth-order valence-corrected chi connectivity index (χ4v) is 3.95. The van der Waals surface area contributed by atoms with Gasteiger partial charge in [-0.2, -0.15) is 0 Å². The average Bonchev–Trinajstić information content (AvgIpc) is 3.17. The van der Waals surface area contributed by atoms with Crippen molar-refractivity contribution in [1.29, 1.82) is 0 Å². The van der Waals surface area contributed by atoms with Gasteiger partial charge >= 0.3 is 0 Å². The lowest BCUT2D eigenvalue weighted by Crippen LogP contribution is -2.37. The van der Waals surface area contributed by atoms with Crippen molar-refractivity contribution in [1.82, 2.24) is 9.80 Å². The van der Waals surface area contributed by atoms with E-state index >= 15 is 0 Å². The Kier molecular flexibility index (Phi) is 5.13. The summed E-state index contributed by atoms with van der Waals surface area (Å²) in [5.74, 6) is -0.300. The highest BCUT2D eigenvalue weighted by Gasteiger charge is 2.41. The van der Waals surface area contributed by atoms with Crippen LogP contribution in [-0.4, -0.2) is 55.0 Å². The van der Waals surface area contributed by atoms with Gasteiger partial charge in [-0.15, -0.1) is 11.3 Å². The molecule has 124 valence electrons. The molecule has 0 N–H and O–H groups in total. The molecule has 2 aliphatic rings. The Labute approximate surface area is 140 Å². The molecule has 23 heavy (non-hydrogen) atoms. The molecule has 5 nitrogen and oxygen atoms in total. The van der Waals surface area contributed by atoms with Gasteiger partial charge in [0.05, 0.1) is 5.57 Å². The van der Waals surface area contributed by atoms with Crippen molar-refractivity contribution in [2.45, 2.75) is 25.7 Å². The van der Waals surface area contributed by atoms with E-state index in [1.807, 2.05) is 17.5 Å². The molecular weight excluding hydrogens is 312 g/mol. The molecule has 0 spiro atoms. The van der Waals surface area contributed by atoms with Crippen LogP contribution in [0.5, 0.6) is 0 Å². The van der Waals surface area contributed by atoms with E-state index in [0.29, 0.717) is 30.8 Å². The molecule has 2 amide bonds. The third kappa shape index (κ3) is 3.19. The third-order valence-electron chi connectivity index (χ3n) is 4.31. The fourth-order valence-electron chi connectivity index (χ4n) is 3.19. The monoisotopic (exact) mass is 334 g/mol. The molecule has 0 aliphatic carbocycles. The number of rotatable bonds is 6. The van der Waals surface area contributed by atoms with Crippen LogP contribution in [0.4, 0.5) is 0 Å². The largest absolute Gasteiger partial charge is 0.385 e. The predicted molar refractivity (Wildman–Crippen MR) is 89.9 cm³/mol. The minimum absolute atomic E-state index is 0.142. The SMILES string of the molecule is COCCCN1C(=O)C(c2cccs2)=C(N2CCCCC2)C1=O. The molecule has 0 unspecified atom stereocenters. The predicted octanol–water partition coefficient (Wildman–Crippen LogP) is 2.35. The Balaban J connectivity index is 1.91. The zero-order chi connectivity index (χ0) is 16.2. The maximum Gasteiger partial charge on any atom is 0.277 e. The number of carbonyl (C=O) groups excluding carboxylic acids is 2. The number of ether oxygens (including phenoxy) is 1. The smallest absolute Gasteiger partial charge is 0.277 e. The Hall–Kier alpha value is -1.66. The van der Waals surface area contributed by atoms with Crippen LogP contribution in [-0.2, 0) is 14.3 Å². The highest BCUT2D eigenvalue weighted by molar-refractivity contribution is 7.11. The number of thiophene rings is 1. The van der Waals surface area contributed by atoms with Gasteiger partial charge in [0.2, 0.25) is 0 Å². The van der Waals surface area contributed by atoms with E-state index in [-0.39, 0.29) is 11.8 Å². The molecule has 1 aromatic heterocycles. The first-order valence-electron chi connectivity index (χ1n) is 8.12. The van der Waals surface area contributed by atoms with E-state index in [1.165, 1.54) is 22.7 Å². The highest BCUT2D eigenvalue weighted by atomic mass is 32.1. The summed E-state index contributed by atoms with van der Waals surface area (Å²) in [5.41, 5.74) is 1.19. The molecule has 1 aromatic rings. The lowest BCUT2D eigenvalue weighted by atomic mass is 10.1. The summed E-state index contributed by atoms with van der Waals surface area (Å²) in [4.78, 5) is 30.1. The Morgan fingerprint density at radius 3 is 2.61 bits per heavy atom. The minimum Gasteiger partial charge on any atom is -0.385 e. The molecule has 0 atom stereocenters. The third-order valence-corrected chi connectivity index (χ3v) is 5.20.